The van der Waals surface area contributed by atoms with Gasteiger partial charge in [-0.3, -0.25) is 29.0 Å². The minimum Gasteiger partial charge on any atom is -1.00 e. The van der Waals surface area contributed by atoms with Crippen molar-refractivity contribution in [2.75, 3.05) is 58.6 Å². The number of thiocarbonyl (C=S) groups is 1. The van der Waals surface area contributed by atoms with Crippen LogP contribution in [0.5, 0.6) is 0 Å². The number of nitrogens with one attached hydrogen (secondary N) is 3. The molecule has 119 heavy (non-hydrogen) atoms. The summed E-state index contributed by atoms with van der Waals surface area (Å²) in [6.07, 6.45) is -8.15. The molecule has 53 heteroatoms. The molecule has 0 saturated heterocycles. The van der Waals surface area contributed by atoms with E-state index in [0.717, 1.165) is 54.4 Å². The summed E-state index contributed by atoms with van der Waals surface area (Å²) in [6.45, 7) is 30.8. The number of Topliss-reactive ketones (excluding diaryl/α,β-unsaturated/α-hetero) is 2. The van der Waals surface area contributed by atoms with Crippen molar-refractivity contribution in [1.29, 1.82) is 0 Å². The number of alkyl halides is 11. The van der Waals surface area contributed by atoms with Crippen LogP contribution in [0.15, 0.2) is 59.8 Å². The number of carbonyl (C=O) groups is 7. The van der Waals surface area contributed by atoms with Crippen LogP contribution in [0.3, 0.4) is 0 Å². The molecular formula is C66H97Br2Cl4F6MgN15O16S9. The molecule has 0 aliphatic rings. The maximum absolute atomic E-state index is 12.6. The van der Waals surface area contributed by atoms with Crippen molar-refractivity contribution < 1.29 is 106 Å². The van der Waals surface area contributed by atoms with E-state index in [4.69, 9.17) is 67.1 Å². The first-order chi connectivity index (χ1) is 53.4. The Kier molecular flexibility index (Phi) is 87.0. The van der Waals surface area contributed by atoms with E-state index in [9.17, 15) is 69.6 Å². The molecule has 0 aliphatic heterocycles. The second-order valence-electron chi connectivity index (χ2n) is 20.6. The van der Waals surface area contributed by atoms with Gasteiger partial charge in [0, 0.05) is 72.9 Å². The Bertz CT molecular complexity index is 4230. The van der Waals surface area contributed by atoms with Crippen LogP contribution in [0.25, 0.3) is 0 Å². The van der Waals surface area contributed by atoms with Crippen molar-refractivity contribution in [3.63, 3.8) is 0 Å². The number of anilines is 1. The van der Waals surface area contributed by atoms with Crippen LogP contribution in [0.4, 0.5) is 31.5 Å². The van der Waals surface area contributed by atoms with E-state index in [0.29, 0.717) is 50.2 Å². The second kappa shape index (κ2) is 77.3. The summed E-state index contributed by atoms with van der Waals surface area (Å²) < 4.78 is 86.1. The number of aromatic amines is 3. The molecule has 31 nitrogen and oxygen atoms in total. The average Bonchev–Trinajstić information content (AvgIpc) is 1.84. The fraction of sp³-hybridized carbons (Fsp3) is 0.470. The Morgan fingerprint density at radius 2 is 1.13 bits per heavy atom. The number of halogens is 12. The summed E-state index contributed by atoms with van der Waals surface area (Å²) in [4.78, 5) is 147. The van der Waals surface area contributed by atoms with E-state index in [1.165, 1.54) is 124 Å². The first-order valence-electron chi connectivity index (χ1n) is 31.6. The van der Waals surface area contributed by atoms with E-state index in [-0.39, 0.29) is 111 Å². The first-order valence-corrected chi connectivity index (χ1v) is 41.7. The summed E-state index contributed by atoms with van der Waals surface area (Å²) in [5, 5.41) is 20.0. The Morgan fingerprint density at radius 1 is 0.714 bits per heavy atom. The molecule has 0 amide bonds. The van der Waals surface area contributed by atoms with E-state index in [2.05, 4.69) is 142 Å². The largest absolute Gasteiger partial charge is 2.00 e. The summed E-state index contributed by atoms with van der Waals surface area (Å²) >= 11 is 40.7. The summed E-state index contributed by atoms with van der Waals surface area (Å²) in [7, 11) is 3.89. The molecule has 0 aliphatic carbocycles. The molecular weight excluding hydrogens is 1990 g/mol. The van der Waals surface area contributed by atoms with Crippen LogP contribution >= 0.6 is 167 Å². The third-order valence-electron chi connectivity index (χ3n) is 10.9. The molecule has 11 N–H and O–H groups in total. The van der Waals surface area contributed by atoms with Crippen LogP contribution < -0.4 is 45.3 Å². The topological polar surface area (TPSA) is 479 Å². The molecule has 0 fully saturated rings. The van der Waals surface area contributed by atoms with Crippen molar-refractivity contribution in [2.45, 2.75) is 156 Å². The maximum Gasteiger partial charge on any atom is 2.00 e. The predicted octanol–water partition coefficient (Wildman–Crippen LogP) is 13.6. The van der Waals surface area contributed by atoms with Gasteiger partial charge >= 0.3 is 53.3 Å². The van der Waals surface area contributed by atoms with Gasteiger partial charge in [0.1, 0.15) is 34.7 Å². The SMILES string of the molecule is C.CC(=O)c1ncsc1CBr.CC(=O)c1ncsc1CSc1nc(C(F)(F)F)cc(=O)[nH]1.CC(C)(C)ON=O.CC=O.CCN(CC)CC.CCO.COC(=O)C(Cl)Cl.COC(=O)c1nc(N)sc1C.COC(=O)c1ncsc1C.Cc1scnc1C(C)O.Cc1scnc1C=O.ClCCl.NC(N)=S.O=c1cc(C(F)(F)F)[nH]c(=S)[nH]1.[Br-].[CH3-].[Mg+2]. The Hall–Kier alpha value is -5.56. The number of nitrogens with zero attached hydrogens (tertiary/aromatic N) is 9. The van der Waals surface area contributed by atoms with Gasteiger partial charge in [-0.15, -0.1) is 96.1 Å². The van der Waals surface area contributed by atoms with Crippen molar-refractivity contribution in [3.8, 4) is 0 Å². The number of aromatic nitrogens is 10. The number of ether oxygens (including phenoxy) is 3. The Balaban J connectivity index is -0.000000138. The number of thiazole rings is 6. The normalized spacial score (nSPS) is 9.76. The first kappa shape index (κ1) is 134. The number of thioether (sulfide) groups is 1. The van der Waals surface area contributed by atoms with Crippen molar-refractivity contribution in [2.24, 2.45) is 16.8 Å². The Labute approximate surface area is 779 Å². The number of hydrogen-bond donors (Lipinski definition) is 8. The molecule has 0 spiro atoms. The number of ketones is 2. The van der Waals surface area contributed by atoms with E-state index in [1.807, 2.05) is 30.7 Å². The van der Waals surface area contributed by atoms with Gasteiger partial charge in [-0.1, -0.05) is 79.1 Å². The minimum absolute atomic E-state index is 0. The minimum atomic E-state index is -4.68. The van der Waals surface area contributed by atoms with Gasteiger partial charge in [0.2, 0.25) is 4.84 Å². The molecule has 8 aromatic rings. The zero-order valence-corrected chi connectivity index (χ0v) is 82.0. The molecule has 0 aromatic carbocycles. The van der Waals surface area contributed by atoms with E-state index >= 15 is 0 Å². The van der Waals surface area contributed by atoms with Gasteiger partial charge in [0.25, 0.3) is 11.1 Å². The number of rotatable bonds is 15. The Morgan fingerprint density at radius 3 is 1.39 bits per heavy atom. The number of esters is 3. The van der Waals surface area contributed by atoms with Gasteiger partial charge in [-0.25, -0.2) is 49.3 Å². The number of aldehydes is 2. The summed E-state index contributed by atoms with van der Waals surface area (Å²) in [6, 6.07) is 0.813. The smallest absolute Gasteiger partial charge is 1.00 e. The van der Waals surface area contributed by atoms with E-state index < -0.39 is 63.3 Å². The van der Waals surface area contributed by atoms with Gasteiger partial charge in [0.05, 0.1) is 66.0 Å². The number of hydrogen-bond acceptors (Lipinski definition) is 35. The predicted molar refractivity (Wildman–Crippen MR) is 473 cm³/mol. The quantitative estimate of drug-likeness (QED) is 0.00377. The monoisotopic (exact) mass is 2080 g/mol. The van der Waals surface area contributed by atoms with Crippen LogP contribution in [-0.4, -0.2) is 199 Å². The molecule has 0 radical (unpaired) electrons. The third-order valence-corrected chi connectivity index (χ3v) is 18.3. The van der Waals surface area contributed by atoms with Crippen LogP contribution in [0.1, 0.15) is 188 Å². The number of nitrogen functional groups attached to an aromatic ring is 1. The number of methoxy groups -OCH3 is 3. The van der Waals surface area contributed by atoms with Gasteiger partial charge < -0.3 is 90.5 Å². The molecule has 1 unspecified atom stereocenters. The molecule has 8 rings (SSSR count). The standard InChI is InChI=1S/C11H8F3N3O2S2.C6H6BrNOS.C6H8N2O2S.C6H7NO2S.C6H9NOS.C6H15N.C5H3F3N2OS.C5H5NOS.C4H9NO2.C3H4Cl2O2.C2H6O.C2H4O.CH2Cl2.CH4N2S.CH4.CH3.BrH.Mg/c1-5(18)9-6(21-4-15-9)3-20-10-16-7(11(12,13)14)2-8(19)17-10;1-4(9)6-5(2-7)10-3-8-6;1-3-4(5(9)10-2)8-6(7)11-3;1-4-5(6(8)9-2)7-3-10-4;1-4(8)6-5(2)9-3-7-6;1-4-7(5-2)6-3;6-5(7,8)2-1-3(11)10-4(12)9-2;1-4-5(2-7)6-3-8-4;1-4(2,3)7-5-6;1-7-3(6)2(4)5;2*1-2-3;2-1-3;2-1(3)4;;;;/h2,4H,3H2,1H3,(H,16,17,19);3H,2H2,1H3;1-2H3,(H2,7,8);3H,1-2H3;3-4,8H,1-2H3;4-6H2,1-3H3;1H,(H2,9,10,11,12);2-3H,1H3;1-3H3;2H,1H3;3H,2H2,1H3;2H,1H3;1H2;(H4,2,3,4);1H4;1H3;1H;/q;;;;;;;;;;;;;;;-1;;+2/p-1. The summed E-state index contributed by atoms with van der Waals surface area (Å²) in [5.74, 6) is -1.41. The van der Waals surface area contributed by atoms with Crippen LogP contribution in [0, 0.1) is 44.8 Å². The zero-order chi connectivity index (χ0) is 90.5. The maximum atomic E-state index is 12.6. The van der Waals surface area contributed by atoms with Crippen LogP contribution in [0.2, 0.25) is 0 Å². The number of H-pyrrole nitrogens is 3. The van der Waals surface area contributed by atoms with Gasteiger partial charge in [-0.2, -0.15) is 26.3 Å². The van der Waals surface area contributed by atoms with Crippen molar-refractivity contribution in [1.82, 2.24) is 54.7 Å². The number of nitrogens with two attached hydrogens (primary N) is 3. The molecule has 672 valence electrons. The van der Waals surface area contributed by atoms with Gasteiger partial charge in [0.15, 0.2) is 60.4 Å². The number of carbonyl (C=O) groups excluding carboxylic acids is 7. The molecule has 1 atom stereocenters. The second-order valence-corrected chi connectivity index (χ2v) is 31.2. The number of aryl methyl sites for hydroxylation is 4. The summed E-state index contributed by atoms with van der Waals surface area (Å²) in [5.41, 5.74) is 21.2. The zero-order valence-electron chi connectivity index (χ0n) is 67.1. The number of aliphatic hydroxyl groups excluding tert-OH is 2. The van der Waals surface area contributed by atoms with Gasteiger partial charge in [-0.05, 0) is 113 Å². The average molecular weight is 2090 g/mol. The van der Waals surface area contributed by atoms with Crippen molar-refractivity contribution >= 4 is 242 Å². The molecule has 8 aromatic heterocycles. The number of aliphatic hydroxyl groups is 2. The van der Waals surface area contributed by atoms with E-state index in [1.54, 1.807) is 74.9 Å². The molecule has 0 saturated carbocycles. The third kappa shape index (κ3) is 68.6. The fourth-order valence-corrected chi connectivity index (χ4v) is 12.0. The van der Waals surface area contributed by atoms with Crippen molar-refractivity contribution in [3.05, 3.63) is 152 Å². The molecule has 0 bridgehead atoms. The fourth-order valence-electron chi connectivity index (χ4n) is 6.03. The molecule has 8 heterocycles. The van der Waals surface area contributed by atoms with Crippen LogP contribution in [-0.2, 0) is 52.1 Å².